The molecule has 0 radical (unpaired) electrons. The molecule has 1 N–H and O–H groups in total. The molecule has 0 fully saturated rings. The van der Waals surface area contributed by atoms with Crippen molar-refractivity contribution in [3.63, 3.8) is 0 Å². The normalized spacial score (nSPS) is 12.8. The molecule has 0 aliphatic rings. The van der Waals surface area contributed by atoms with Crippen molar-refractivity contribution in [3.05, 3.63) is 59.4 Å². The van der Waals surface area contributed by atoms with Crippen LogP contribution in [0.3, 0.4) is 0 Å². The van der Waals surface area contributed by atoms with Gasteiger partial charge in [-0.3, -0.25) is 4.79 Å². The van der Waals surface area contributed by atoms with Crippen molar-refractivity contribution < 1.29 is 18.0 Å². The van der Waals surface area contributed by atoms with Gasteiger partial charge in [-0.15, -0.1) is 0 Å². The summed E-state index contributed by atoms with van der Waals surface area (Å²) in [5.41, 5.74) is 0.598. The minimum Gasteiger partial charge on any atom is -0.324 e. The Morgan fingerprint density at radius 2 is 1.78 bits per heavy atom. The first-order valence-electron chi connectivity index (χ1n) is 7.82. The number of carbonyl (C=O) groups excluding carboxylic acids is 1. The van der Waals surface area contributed by atoms with Gasteiger partial charge < -0.3 is 5.32 Å². The molecule has 3 aromatic rings. The van der Waals surface area contributed by atoms with Crippen LogP contribution in [0.5, 0.6) is 0 Å². The Morgan fingerprint density at radius 3 is 2.48 bits per heavy atom. The molecule has 0 bridgehead atoms. The van der Waals surface area contributed by atoms with Crippen LogP contribution in [0.25, 0.3) is 10.9 Å². The van der Waals surface area contributed by atoms with Crippen LogP contribution in [0.4, 0.5) is 18.9 Å². The van der Waals surface area contributed by atoms with E-state index in [4.69, 9.17) is 11.6 Å². The molecular formula is C18H13ClF3N3OS. The Hall–Kier alpha value is -2.32. The van der Waals surface area contributed by atoms with Gasteiger partial charge in [-0.2, -0.15) is 13.2 Å². The third kappa shape index (κ3) is 4.51. The Balaban J connectivity index is 1.89. The number of hydrogen-bond donors (Lipinski definition) is 1. The number of hydrogen-bond acceptors (Lipinski definition) is 4. The number of amides is 1. The molecule has 1 heterocycles. The SMILES string of the molecule is C[C@H](Sc1nc(C(F)(F)F)nc2ccccc12)C(=O)Nc1ccccc1Cl. The van der Waals surface area contributed by atoms with E-state index in [0.29, 0.717) is 16.1 Å². The van der Waals surface area contributed by atoms with Crippen LogP contribution < -0.4 is 5.32 Å². The zero-order valence-electron chi connectivity index (χ0n) is 13.9. The van der Waals surface area contributed by atoms with Crippen LogP contribution in [-0.2, 0) is 11.0 Å². The maximum absolute atomic E-state index is 13.1. The summed E-state index contributed by atoms with van der Waals surface area (Å²) >= 11 is 6.95. The summed E-state index contributed by atoms with van der Waals surface area (Å²) in [5, 5.41) is 2.87. The van der Waals surface area contributed by atoms with Crippen molar-refractivity contribution in [1.82, 2.24) is 9.97 Å². The second kappa shape index (κ2) is 7.74. The lowest BCUT2D eigenvalue weighted by Crippen LogP contribution is -2.23. The average molecular weight is 412 g/mol. The summed E-state index contributed by atoms with van der Waals surface area (Å²) in [4.78, 5) is 19.6. The van der Waals surface area contributed by atoms with E-state index >= 15 is 0 Å². The van der Waals surface area contributed by atoms with E-state index in [1.54, 1.807) is 49.4 Å². The summed E-state index contributed by atoms with van der Waals surface area (Å²) in [6, 6.07) is 13.1. The lowest BCUT2D eigenvalue weighted by molar-refractivity contribution is -0.145. The molecule has 0 aliphatic carbocycles. The van der Waals surface area contributed by atoms with Crippen molar-refractivity contribution in [3.8, 4) is 0 Å². The first kappa shape index (κ1) is 19.4. The summed E-state index contributed by atoms with van der Waals surface area (Å²) in [5.74, 6) is -1.63. The molecule has 0 unspecified atom stereocenters. The maximum Gasteiger partial charge on any atom is 0.451 e. The van der Waals surface area contributed by atoms with Crippen LogP contribution in [0.2, 0.25) is 5.02 Å². The minimum absolute atomic E-state index is 0.0923. The number of nitrogens with one attached hydrogen (secondary N) is 1. The van der Waals surface area contributed by atoms with Crippen molar-refractivity contribution >= 4 is 45.9 Å². The molecule has 0 spiro atoms. The van der Waals surface area contributed by atoms with Gasteiger partial charge in [0.2, 0.25) is 11.7 Å². The third-order valence-corrected chi connectivity index (χ3v) is 5.04. The summed E-state index contributed by atoms with van der Waals surface area (Å²) in [6.45, 7) is 1.58. The molecule has 0 saturated carbocycles. The molecule has 1 aromatic heterocycles. The molecule has 1 amide bonds. The molecule has 0 saturated heterocycles. The molecule has 140 valence electrons. The fourth-order valence-corrected chi connectivity index (χ4v) is 3.40. The van der Waals surface area contributed by atoms with Crippen LogP contribution in [0, 0.1) is 0 Å². The number of nitrogens with zero attached hydrogens (tertiary/aromatic N) is 2. The fourth-order valence-electron chi connectivity index (χ4n) is 2.28. The monoisotopic (exact) mass is 411 g/mol. The summed E-state index contributed by atoms with van der Waals surface area (Å²) in [6.07, 6.45) is -4.68. The van der Waals surface area contributed by atoms with Gasteiger partial charge in [0.05, 0.1) is 21.5 Å². The van der Waals surface area contributed by atoms with Gasteiger partial charge in [0.1, 0.15) is 5.03 Å². The van der Waals surface area contributed by atoms with Gasteiger partial charge in [-0.05, 0) is 25.1 Å². The highest BCUT2D eigenvalue weighted by Gasteiger charge is 2.36. The van der Waals surface area contributed by atoms with Crippen molar-refractivity contribution in [2.45, 2.75) is 23.4 Å². The summed E-state index contributed by atoms with van der Waals surface area (Å²) in [7, 11) is 0. The number of carbonyl (C=O) groups is 1. The Morgan fingerprint density at radius 1 is 1.11 bits per heavy atom. The van der Waals surface area contributed by atoms with Crippen LogP contribution >= 0.6 is 23.4 Å². The number of fused-ring (bicyclic) bond motifs is 1. The fraction of sp³-hybridized carbons (Fsp3) is 0.167. The molecule has 2 aromatic carbocycles. The third-order valence-electron chi connectivity index (χ3n) is 3.61. The van der Waals surface area contributed by atoms with Gasteiger partial charge in [0.25, 0.3) is 0 Å². The molecule has 27 heavy (non-hydrogen) atoms. The molecule has 0 aliphatic heterocycles. The number of anilines is 1. The topological polar surface area (TPSA) is 54.9 Å². The highest BCUT2D eigenvalue weighted by Crippen LogP contribution is 2.34. The standard InChI is InChI=1S/C18H13ClF3N3OS/c1-10(15(26)23-14-9-5-3-7-12(14)19)27-16-11-6-2-4-8-13(11)24-17(25-16)18(20,21)22/h2-10H,1H3,(H,23,26)/t10-/m0/s1. The lowest BCUT2D eigenvalue weighted by atomic mass is 10.2. The van der Waals surface area contributed by atoms with E-state index in [9.17, 15) is 18.0 Å². The maximum atomic E-state index is 13.1. The lowest BCUT2D eigenvalue weighted by Gasteiger charge is -2.15. The number of halogens is 4. The van der Waals surface area contributed by atoms with Crippen LogP contribution in [0.1, 0.15) is 12.7 Å². The van der Waals surface area contributed by atoms with Gasteiger partial charge in [-0.1, -0.05) is 53.7 Å². The molecule has 4 nitrogen and oxygen atoms in total. The Labute approximate surface area is 162 Å². The predicted molar refractivity (Wildman–Crippen MR) is 99.9 cm³/mol. The number of thioether (sulfide) groups is 1. The Bertz CT molecular complexity index is 997. The first-order valence-corrected chi connectivity index (χ1v) is 9.07. The van der Waals surface area contributed by atoms with Gasteiger partial charge in [0.15, 0.2) is 0 Å². The number of para-hydroxylation sites is 2. The summed E-state index contributed by atoms with van der Waals surface area (Å²) < 4.78 is 39.3. The largest absolute Gasteiger partial charge is 0.451 e. The second-order valence-corrected chi connectivity index (χ2v) is 7.33. The number of alkyl halides is 3. The van der Waals surface area contributed by atoms with Gasteiger partial charge >= 0.3 is 6.18 Å². The van der Waals surface area contributed by atoms with E-state index < -0.39 is 23.2 Å². The van der Waals surface area contributed by atoms with E-state index in [2.05, 4.69) is 15.3 Å². The first-order chi connectivity index (χ1) is 12.8. The molecule has 9 heteroatoms. The molecule has 1 atom stereocenters. The highest BCUT2D eigenvalue weighted by molar-refractivity contribution is 8.00. The Kier molecular flexibility index (Phi) is 5.57. The van der Waals surface area contributed by atoms with Crippen molar-refractivity contribution in [2.24, 2.45) is 0 Å². The predicted octanol–water partition coefficient (Wildman–Crippen LogP) is 5.42. The second-order valence-electron chi connectivity index (χ2n) is 5.60. The van der Waals surface area contributed by atoms with Crippen LogP contribution in [-0.4, -0.2) is 21.1 Å². The van der Waals surface area contributed by atoms with Crippen molar-refractivity contribution in [2.75, 3.05) is 5.32 Å². The number of aromatic nitrogens is 2. The van der Waals surface area contributed by atoms with E-state index in [-0.39, 0.29) is 10.5 Å². The zero-order valence-corrected chi connectivity index (χ0v) is 15.5. The smallest absolute Gasteiger partial charge is 0.324 e. The van der Waals surface area contributed by atoms with Gasteiger partial charge in [-0.25, -0.2) is 9.97 Å². The molecular weight excluding hydrogens is 399 g/mol. The van der Waals surface area contributed by atoms with E-state index in [1.165, 1.54) is 6.07 Å². The molecule has 3 rings (SSSR count). The average Bonchev–Trinajstić information content (AvgIpc) is 2.62. The number of rotatable bonds is 4. The van der Waals surface area contributed by atoms with E-state index in [1.807, 2.05) is 0 Å². The number of benzene rings is 2. The zero-order chi connectivity index (χ0) is 19.6. The van der Waals surface area contributed by atoms with Gasteiger partial charge in [0, 0.05) is 5.39 Å². The minimum atomic E-state index is -4.68. The van der Waals surface area contributed by atoms with E-state index in [0.717, 1.165) is 11.8 Å². The van der Waals surface area contributed by atoms with Crippen molar-refractivity contribution in [1.29, 1.82) is 0 Å². The quantitative estimate of drug-likeness (QED) is 0.460. The highest BCUT2D eigenvalue weighted by atomic mass is 35.5. The van der Waals surface area contributed by atoms with Crippen LogP contribution in [0.15, 0.2) is 53.6 Å².